The Morgan fingerprint density at radius 3 is 2.58 bits per heavy atom. The van der Waals surface area contributed by atoms with E-state index >= 15 is 0 Å². The molecule has 0 unspecified atom stereocenters. The summed E-state index contributed by atoms with van der Waals surface area (Å²) in [5, 5.41) is 19.6. The summed E-state index contributed by atoms with van der Waals surface area (Å²) in [6.45, 7) is -0.0158. The van der Waals surface area contributed by atoms with E-state index < -0.39 is 12.9 Å². The van der Waals surface area contributed by atoms with Crippen LogP contribution in [-0.4, -0.2) is 91.7 Å². The van der Waals surface area contributed by atoms with Crippen molar-refractivity contribution in [3.8, 4) is 17.2 Å². The molecule has 3 aromatic rings. The van der Waals surface area contributed by atoms with Gasteiger partial charge in [-0.05, 0) is 25.0 Å². The number of anilines is 3. The Hall–Kier alpha value is -4.14. The zero-order valence-corrected chi connectivity index (χ0v) is 22.5. The van der Waals surface area contributed by atoms with Crippen molar-refractivity contribution in [2.45, 2.75) is 19.4 Å². The molecular formula is C26H34N8O6. The molecule has 40 heavy (non-hydrogen) atoms. The van der Waals surface area contributed by atoms with Crippen molar-refractivity contribution in [1.82, 2.24) is 30.6 Å². The van der Waals surface area contributed by atoms with Crippen LogP contribution in [0.25, 0.3) is 11.5 Å². The summed E-state index contributed by atoms with van der Waals surface area (Å²) in [6, 6.07) is 6.50. The van der Waals surface area contributed by atoms with Gasteiger partial charge in [-0.25, -0.2) is 0 Å². The van der Waals surface area contributed by atoms with Crippen molar-refractivity contribution in [2.24, 2.45) is 5.92 Å². The molecule has 214 valence electrons. The van der Waals surface area contributed by atoms with Gasteiger partial charge in [-0.2, -0.15) is 4.98 Å². The quantitative estimate of drug-likeness (QED) is 0.249. The highest BCUT2D eigenvalue weighted by Gasteiger charge is 2.30. The fourth-order valence-electron chi connectivity index (χ4n) is 3.86. The van der Waals surface area contributed by atoms with E-state index in [4.69, 9.17) is 22.8 Å². The number of aromatic nitrogens is 4. The first-order valence-corrected chi connectivity index (χ1v) is 12.6. The lowest BCUT2D eigenvalue weighted by Gasteiger charge is -2.19. The van der Waals surface area contributed by atoms with Gasteiger partial charge >= 0.3 is 0 Å². The average molecular weight is 558 g/mol. The molecule has 4 rings (SSSR count). The van der Waals surface area contributed by atoms with Crippen LogP contribution < -0.4 is 20.7 Å². The Bertz CT molecular complexity index is 1410. The van der Waals surface area contributed by atoms with Crippen molar-refractivity contribution in [1.29, 1.82) is 0 Å². The van der Waals surface area contributed by atoms with Crippen LogP contribution >= 0.6 is 0 Å². The van der Waals surface area contributed by atoms with Crippen molar-refractivity contribution in [2.75, 3.05) is 65.2 Å². The fraction of sp³-hybridized carbons (Fsp3) is 0.462. The van der Waals surface area contributed by atoms with Crippen LogP contribution in [0.3, 0.4) is 0 Å². The second-order valence-electron chi connectivity index (χ2n) is 9.00. The second-order valence-corrected chi connectivity index (χ2v) is 9.00. The number of hydrogen-bond acceptors (Lipinski definition) is 12. The number of para-hydroxylation sites is 1. The molecule has 3 N–H and O–H groups in total. The number of carbonyl (C=O) groups is 2. The van der Waals surface area contributed by atoms with E-state index in [9.17, 15) is 9.59 Å². The van der Waals surface area contributed by atoms with Gasteiger partial charge in [0, 0.05) is 50.4 Å². The van der Waals surface area contributed by atoms with Gasteiger partial charge in [-0.1, -0.05) is 11.2 Å². The van der Waals surface area contributed by atoms with Gasteiger partial charge in [-0.3, -0.25) is 14.5 Å². The van der Waals surface area contributed by atoms with Crippen molar-refractivity contribution in [3.63, 3.8) is 0 Å². The Balaban J connectivity index is 1.62. The summed E-state index contributed by atoms with van der Waals surface area (Å²) >= 11 is 0. The topological polar surface area (TPSA) is 166 Å². The standard InChI is InChI=1S/C26H34N8O6/c1-27-25(36)22-19(14-20(31-32-22)29-24(35)16-8-9-16)28-18-7-5-6-17(23(18)39-4)26-30-21(33-40-26)15-34(10-12-37-2)11-13-38-3/h5-7,14,16H,8-13,15H2,1-4H3,(H,27,36)(H2,28,29,31,35)/i1D3. The predicted octanol–water partition coefficient (Wildman–Crippen LogP) is 2.08. The van der Waals surface area contributed by atoms with E-state index in [1.165, 1.54) is 13.2 Å². The van der Waals surface area contributed by atoms with Gasteiger partial charge in [0.2, 0.25) is 5.91 Å². The maximum atomic E-state index is 12.8. The summed E-state index contributed by atoms with van der Waals surface area (Å²) in [5.41, 5.74) is 0.609. The molecule has 14 nitrogen and oxygen atoms in total. The molecule has 0 spiro atoms. The number of rotatable bonds is 15. The van der Waals surface area contributed by atoms with Gasteiger partial charge in [0.05, 0.1) is 43.8 Å². The Kier molecular flexibility index (Phi) is 8.57. The number of carbonyl (C=O) groups excluding carboxylic acids is 2. The third-order valence-corrected chi connectivity index (χ3v) is 6.10. The molecule has 0 radical (unpaired) electrons. The van der Waals surface area contributed by atoms with Crippen LogP contribution in [0.5, 0.6) is 5.75 Å². The Morgan fingerprint density at radius 1 is 1.12 bits per heavy atom. The Morgan fingerprint density at radius 2 is 1.90 bits per heavy atom. The molecule has 14 heteroatoms. The first-order chi connectivity index (χ1) is 20.6. The molecular weight excluding hydrogens is 520 g/mol. The maximum absolute atomic E-state index is 12.8. The first kappa shape index (κ1) is 24.9. The van der Waals surface area contributed by atoms with Crippen LogP contribution in [0.4, 0.5) is 17.2 Å². The van der Waals surface area contributed by atoms with Crippen LogP contribution in [0.2, 0.25) is 0 Å². The zero-order valence-electron chi connectivity index (χ0n) is 25.5. The van der Waals surface area contributed by atoms with Gasteiger partial charge < -0.3 is 34.7 Å². The number of benzene rings is 1. The Labute approximate surface area is 236 Å². The lowest BCUT2D eigenvalue weighted by atomic mass is 10.1. The molecule has 0 saturated heterocycles. The highest BCUT2D eigenvalue weighted by atomic mass is 16.5. The van der Waals surface area contributed by atoms with E-state index in [0.717, 1.165) is 12.8 Å². The second kappa shape index (κ2) is 13.8. The minimum absolute atomic E-state index is 0.0800. The molecule has 1 saturated carbocycles. The zero-order chi connectivity index (χ0) is 31.0. The van der Waals surface area contributed by atoms with Gasteiger partial charge in [-0.15, -0.1) is 10.2 Å². The smallest absolute Gasteiger partial charge is 0.273 e. The number of methoxy groups -OCH3 is 3. The van der Waals surface area contributed by atoms with E-state index in [0.29, 0.717) is 55.7 Å². The average Bonchev–Trinajstić information content (AvgIpc) is 3.72. The predicted molar refractivity (Wildman–Crippen MR) is 145 cm³/mol. The summed E-state index contributed by atoms with van der Waals surface area (Å²) in [4.78, 5) is 31.7. The van der Waals surface area contributed by atoms with Crippen molar-refractivity contribution in [3.05, 3.63) is 35.8 Å². The van der Waals surface area contributed by atoms with E-state index in [2.05, 4.69) is 35.9 Å². The highest BCUT2D eigenvalue weighted by molar-refractivity contribution is 6.00. The normalized spacial score (nSPS) is 14.2. The molecule has 2 amide bonds. The van der Waals surface area contributed by atoms with Crippen LogP contribution in [0, 0.1) is 5.92 Å². The lowest BCUT2D eigenvalue weighted by Crippen LogP contribution is -2.30. The SMILES string of the molecule is [2H]C([2H])([2H])NC(=O)c1nnc(NC(=O)C2CC2)cc1Nc1cccc(-c2nc(CN(CCOC)CCOC)no2)c1OC. The largest absolute Gasteiger partial charge is 0.494 e. The van der Waals surface area contributed by atoms with Crippen LogP contribution in [-0.2, 0) is 20.8 Å². The highest BCUT2D eigenvalue weighted by Crippen LogP contribution is 2.38. The molecule has 1 aliphatic rings. The number of nitrogens with one attached hydrogen (secondary N) is 3. The third kappa shape index (κ3) is 7.28. The molecule has 1 fully saturated rings. The number of nitrogens with zero attached hydrogens (tertiary/aromatic N) is 5. The minimum atomic E-state index is -2.76. The lowest BCUT2D eigenvalue weighted by molar-refractivity contribution is -0.117. The van der Waals surface area contributed by atoms with Crippen molar-refractivity contribution < 1.29 is 32.4 Å². The van der Waals surface area contributed by atoms with E-state index in [1.807, 2.05) is 5.32 Å². The molecule has 1 aromatic carbocycles. The molecule has 0 atom stereocenters. The summed E-state index contributed by atoms with van der Waals surface area (Å²) in [7, 11) is 4.71. The molecule has 1 aliphatic carbocycles. The monoisotopic (exact) mass is 557 g/mol. The molecule has 0 bridgehead atoms. The summed E-state index contributed by atoms with van der Waals surface area (Å²) in [6.07, 6.45) is 1.56. The fourth-order valence-corrected chi connectivity index (χ4v) is 3.86. The maximum Gasteiger partial charge on any atom is 0.273 e. The third-order valence-electron chi connectivity index (χ3n) is 6.10. The van der Waals surface area contributed by atoms with Gasteiger partial charge in [0.25, 0.3) is 11.8 Å². The first-order valence-electron chi connectivity index (χ1n) is 14.1. The van der Waals surface area contributed by atoms with Crippen LogP contribution in [0.15, 0.2) is 28.8 Å². The van der Waals surface area contributed by atoms with E-state index in [-0.39, 0.29) is 34.9 Å². The van der Waals surface area contributed by atoms with Gasteiger partial charge in [0.1, 0.15) is 0 Å². The van der Waals surface area contributed by atoms with Crippen molar-refractivity contribution >= 4 is 29.0 Å². The molecule has 0 aliphatic heterocycles. The van der Waals surface area contributed by atoms with Crippen LogP contribution in [0.1, 0.15) is 33.3 Å². The number of amides is 2. The summed E-state index contributed by atoms with van der Waals surface area (Å²) < 4.78 is 43.8. The minimum Gasteiger partial charge on any atom is -0.494 e. The van der Waals surface area contributed by atoms with E-state index in [1.54, 1.807) is 32.4 Å². The summed E-state index contributed by atoms with van der Waals surface area (Å²) in [5.74, 6) is -0.267. The van der Waals surface area contributed by atoms with Gasteiger partial charge in [0.15, 0.2) is 23.1 Å². The molecule has 2 heterocycles. The molecule has 2 aromatic heterocycles. The number of hydrogen-bond donors (Lipinski definition) is 3. The number of ether oxygens (including phenoxy) is 3.